The van der Waals surface area contributed by atoms with Crippen molar-refractivity contribution in [3.05, 3.63) is 67.9 Å². The Bertz CT molecular complexity index is 1320. The number of carbonyl (C=O) groups excluding carboxylic acids is 1. The van der Waals surface area contributed by atoms with E-state index in [0.717, 1.165) is 24.4 Å². The van der Waals surface area contributed by atoms with Crippen LogP contribution in [0.1, 0.15) is 40.8 Å². The number of Topliss-reactive ketones (excluding diaryl/α,β-unsaturated/α-hetero) is 1. The molecule has 2 aromatic carbocycles. The van der Waals surface area contributed by atoms with E-state index in [1.165, 1.54) is 18.2 Å². The average Bonchev–Trinajstić information content (AvgIpc) is 3.51. The molecule has 3 aromatic rings. The van der Waals surface area contributed by atoms with Gasteiger partial charge < -0.3 is 25.3 Å². The predicted octanol–water partition coefficient (Wildman–Crippen LogP) is 2.54. The quantitative estimate of drug-likeness (QED) is 0.150. The van der Waals surface area contributed by atoms with E-state index in [2.05, 4.69) is 16.0 Å². The fourth-order valence-electron chi connectivity index (χ4n) is 4.02. The van der Waals surface area contributed by atoms with Crippen LogP contribution in [0.3, 0.4) is 0 Å². The van der Waals surface area contributed by atoms with Gasteiger partial charge in [0.05, 0.1) is 30.4 Å². The zero-order valence-corrected chi connectivity index (χ0v) is 19.7. The van der Waals surface area contributed by atoms with Crippen molar-refractivity contribution in [2.24, 2.45) is 0 Å². The number of rotatable bonds is 11. The summed E-state index contributed by atoms with van der Waals surface area (Å²) >= 11 is 1.77. The summed E-state index contributed by atoms with van der Waals surface area (Å²) in [6.45, 7) is 1.14. The number of carboxylic acids is 1. The topological polar surface area (TPSA) is 158 Å². The van der Waals surface area contributed by atoms with Gasteiger partial charge in [0.25, 0.3) is 10.9 Å². The molecule has 1 fully saturated rings. The number of hydrogen-bond acceptors (Lipinski definition) is 10. The van der Waals surface area contributed by atoms with E-state index in [4.69, 9.17) is 9.52 Å². The number of furan rings is 1. The lowest BCUT2D eigenvalue weighted by molar-refractivity contribution is -0.135. The van der Waals surface area contributed by atoms with Crippen LogP contribution < -0.4 is 26.8 Å². The van der Waals surface area contributed by atoms with E-state index >= 15 is 0 Å². The molecule has 0 spiro atoms. The lowest BCUT2D eigenvalue weighted by Crippen LogP contribution is -2.38. The third-order valence-electron chi connectivity index (χ3n) is 5.77. The Balaban J connectivity index is 1.56. The molecule has 0 amide bonds. The zero-order chi connectivity index (χ0) is 25.1. The highest BCUT2D eigenvalue weighted by Crippen LogP contribution is 2.40. The number of phenols is 1. The van der Waals surface area contributed by atoms with Gasteiger partial charge in [0, 0.05) is 5.25 Å². The number of aromatic hydroxyl groups is 1. The van der Waals surface area contributed by atoms with E-state index in [-0.39, 0.29) is 40.5 Å². The van der Waals surface area contributed by atoms with Gasteiger partial charge in [-0.05, 0) is 49.8 Å². The number of hydrogen-bond donors (Lipinski definition) is 5. The van der Waals surface area contributed by atoms with Crippen LogP contribution in [0.2, 0.25) is 0 Å². The van der Waals surface area contributed by atoms with Gasteiger partial charge in [0.15, 0.2) is 5.78 Å². The molecule has 35 heavy (non-hydrogen) atoms. The van der Waals surface area contributed by atoms with E-state index in [0.29, 0.717) is 5.76 Å². The van der Waals surface area contributed by atoms with Gasteiger partial charge in [-0.3, -0.25) is 24.5 Å². The van der Waals surface area contributed by atoms with Gasteiger partial charge in [-0.25, -0.2) is 0 Å². The van der Waals surface area contributed by atoms with Crippen LogP contribution in [0, 0.1) is 6.92 Å². The molecule has 1 saturated heterocycles. The molecule has 1 aliphatic heterocycles. The van der Waals surface area contributed by atoms with Crippen LogP contribution in [0.25, 0.3) is 0 Å². The molecule has 5 N–H and O–H groups in total. The summed E-state index contributed by atoms with van der Waals surface area (Å²) in [5.41, 5.74) is -1.29. The highest BCUT2D eigenvalue weighted by Gasteiger charge is 2.33. The molecule has 2 atom stereocenters. The third-order valence-corrected chi connectivity index (χ3v) is 7.23. The van der Waals surface area contributed by atoms with Crippen LogP contribution in [0.5, 0.6) is 5.75 Å². The molecule has 184 valence electrons. The van der Waals surface area contributed by atoms with Crippen molar-refractivity contribution in [3.63, 3.8) is 0 Å². The zero-order valence-electron chi connectivity index (χ0n) is 18.9. The molecule has 0 radical (unpaired) electrons. The molecule has 4 rings (SSSR count). The Hall–Kier alpha value is -3.57. The molecule has 1 unspecified atom stereocenters. The lowest BCUT2D eigenvalue weighted by Gasteiger charge is -2.25. The Morgan fingerprint density at radius 1 is 1.14 bits per heavy atom. The van der Waals surface area contributed by atoms with Gasteiger partial charge in [0.2, 0.25) is 0 Å². The van der Waals surface area contributed by atoms with Crippen molar-refractivity contribution in [1.29, 1.82) is 0 Å². The molecule has 0 bridgehead atoms. The van der Waals surface area contributed by atoms with Crippen LogP contribution in [0.15, 0.2) is 44.3 Å². The van der Waals surface area contributed by atoms with E-state index in [9.17, 15) is 24.3 Å². The number of thioether (sulfide) groups is 1. The molecular weight excluding hydrogens is 474 g/mol. The second-order valence-electron chi connectivity index (χ2n) is 8.28. The van der Waals surface area contributed by atoms with Gasteiger partial charge >= 0.3 is 5.97 Å². The van der Waals surface area contributed by atoms with E-state index < -0.39 is 34.9 Å². The predicted molar refractivity (Wildman–Crippen MR) is 133 cm³/mol. The number of nitrogens with one attached hydrogen (secondary N) is 3. The number of aliphatic carboxylic acids is 1. The Morgan fingerprint density at radius 2 is 1.91 bits per heavy atom. The maximum Gasteiger partial charge on any atom is 0.317 e. The standard InChI is InChI=1S/C24H25N3O7S/c1-12-7-8-16(34-12)19(17-6-3-9-35-17)27-21-20(23(32)24(21)33)26-14-5-2-4-13(22(14)31)15(28)10-25-11-18(29)30/h2,4-5,7-8,17,19,25-27,31H,3,6,9-11H2,1H3,(H,29,30)/t17?,19-/m0/s1. The summed E-state index contributed by atoms with van der Waals surface area (Å²) < 4.78 is 5.82. The first-order valence-electron chi connectivity index (χ1n) is 11.1. The summed E-state index contributed by atoms with van der Waals surface area (Å²) in [5.74, 6) is 0.361. The fraction of sp³-hybridized carbons (Fsp3) is 0.333. The molecule has 11 heteroatoms. The Kier molecular flexibility index (Phi) is 7.27. The SMILES string of the molecule is Cc1ccc([C@H](Nc2c(Nc3cccc(C(=O)CNCC(=O)O)c3O)c(=O)c2=O)C2CCCS2)o1. The summed E-state index contributed by atoms with van der Waals surface area (Å²) in [5, 5.41) is 27.9. The minimum atomic E-state index is -1.11. The molecule has 2 heterocycles. The number of anilines is 3. The van der Waals surface area contributed by atoms with Crippen molar-refractivity contribution >= 4 is 40.6 Å². The molecule has 10 nitrogen and oxygen atoms in total. The number of ketones is 1. The first kappa shape index (κ1) is 24.6. The van der Waals surface area contributed by atoms with E-state index in [1.807, 2.05) is 19.1 Å². The van der Waals surface area contributed by atoms with Crippen LogP contribution in [0.4, 0.5) is 17.1 Å². The normalized spacial score (nSPS) is 16.3. The van der Waals surface area contributed by atoms with Gasteiger partial charge in [-0.15, -0.1) is 0 Å². The second-order valence-corrected chi connectivity index (χ2v) is 9.62. The fourth-order valence-corrected chi connectivity index (χ4v) is 5.38. The number of aryl methyl sites for hydroxylation is 1. The molecule has 1 aromatic heterocycles. The number of benzene rings is 1. The van der Waals surface area contributed by atoms with Crippen LogP contribution in [-0.4, -0.2) is 46.1 Å². The van der Waals surface area contributed by atoms with Crippen molar-refractivity contribution in [1.82, 2.24) is 5.32 Å². The summed E-state index contributed by atoms with van der Waals surface area (Å²) in [6, 6.07) is 7.74. The summed E-state index contributed by atoms with van der Waals surface area (Å²) in [6.07, 6.45) is 1.97. The maximum absolute atomic E-state index is 12.5. The number of para-hydroxylation sites is 1. The molecule has 0 aliphatic carbocycles. The molecule has 0 saturated carbocycles. The minimum absolute atomic E-state index is 0.00447. The Morgan fingerprint density at radius 3 is 2.57 bits per heavy atom. The number of carboxylic acid groups (broad SMARTS) is 1. The van der Waals surface area contributed by atoms with E-state index in [1.54, 1.807) is 11.8 Å². The molecule has 1 aliphatic rings. The summed E-state index contributed by atoms with van der Waals surface area (Å²) in [7, 11) is 0. The maximum atomic E-state index is 12.5. The highest BCUT2D eigenvalue weighted by molar-refractivity contribution is 8.00. The largest absolute Gasteiger partial charge is 0.505 e. The number of phenolic OH excluding ortho intramolecular Hbond substituents is 1. The van der Waals surface area contributed by atoms with Gasteiger partial charge in [0.1, 0.15) is 28.6 Å². The third kappa shape index (κ3) is 5.25. The second kappa shape index (κ2) is 10.4. The van der Waals surface area contributed by atoms with Crippen molar-refractivity contribution in [2.45, 2.75) is 31.1 Å². The highest BCUT2D eigenvalue weighted by atomic mass is 32.2. The summed E-state index contributed by atoms with van der Waals surface area (Å²) in [4.78, 5) is 47.9. The van der Waals surface area contributed by atoms with Crippen molar-refractivity contribution in [3.8, 4) is 5.75 Å². The van der Waals surface area contributed by atoms with Gasteiger partial charge in [-0.1, -0.05) is 6.07 Å². The van der Waals surface area contributed by atoms with Crippen LogP contribution >= 0.6 is 11.8 Å². The van der Waals surface area contributed by atoms with Crippen molar-refractivity contribution < 1.29 is 24.2 Å². The smallest absolute Gasteiger partial charge is 0.317 e. The lowest BCUT2D eigenvalue weighted by atomic mass is 10.0. The number of carbonyl (C=O) groups is 2. The van der Waals surface area contributed by atoms with Crippen LogP contribution in [-0.2, 0) is 4.79 Å². The van der Waals surface area contributed by atoms with Crippen molar-refractivity contribution in [2.75, 3.05) is 29.5 Å². The minimum Gasteiger partial charge on any atom is -0.505 e. The molecular formula is C24H25N3O7S. The van der Waals surface area contributed by atoms with Gasteiger partial charge in [-0.2, -0.15) is 11.8 Å². The average molecular weight is 500 g/mol. The monoisotopic (exact) mass is 499 g/mol. The Labute approximate surface area is 204 Å². The first-order chi connectivity index (χ1) is 16.8. The first-order valence-corrected chi connectivity index (χ1v) is 12.1.